The molecule has 0 radical (unpaired) electrons. The van der Waals surface area contributed by atoms with Crippen LogP contribution in [0.2, 0.25) is 5.02 Å². The van der Waals surface area contributed by atoms with Gasteiger partial charge in [-0.25, -0.2) is 9.69 Å². The van der Waals surface area contributed by atoms with E-state index in [1.54, 1.807) is 62.3 Å². The molecule has 17 heteroatoms. The zero-order chi connectivity index (χ0) is 41.7. The van der Waals surface area contributed by atoms with Crippen molar-refractivity contribution in [2.24, 2.45) is 10.8 Å². The van der Waals surface area contributed by atoms with E-state index in [4.69, 9.17) is 30.5 Å². The highest BCUT2D eigenvalue weighted by molar-refractivity contribution is 6.31. The molecular formula is C36H37ClF9N5O2. The summed E-state index contributed by atoms with van der Waals surface area (Å²) in [6.07, 6.45) is -13.7. The van der Waals surface area contributed by atoms with Crippen molar-refractivity contribution in [3.8, 4) is 0 Å². The first-order valence-corrected chi connectivity index (χ1v) is 15.6. The Balaban J connectivity index is 0.000000404. The second-order valence-corrected chi connectivity index (χ2v) is 14.1. The highest BCUT2D eigenvalue weighted by atomic mass is 35.5. The number of nitrogens with one attached hydrogen (secondary N) is 2. The van der Waals surface area contributed by atoms with Crippen molar-refractivity contribution in [1.29, 1.82) is 0 Å². The Bertz CT molecular complexity index is 1930. The van der Waals surface area contributed by atoms with Crippen LogP contribution in [0.25, 0.3) is 9.69 Å². The fourth-order valence-electron chi connectivity index (χ4n) is 3.82. The lowest BCUT2D eigenvalue weighted by Crippen LogP contribution is -2.28. The molecule has 0 atom stereocenters. The Labute approximate surface area is 306 Å². The van der Waals surface area contributed by atoms with Crippen molar-refractivity contribution in [1.82, 2.24) is 0 Å². The van der Waals surface area contributed by atoms with E-state index in [1.165, 1.54) is 6.07 Å². The topological polar surface area (TPSA) is 92.9 Å². The van der Waals surface area contributed by atoms with Gasteiger partial charge in [0.05, 0.1) is 34.9 Å². The average molecular weight is 778 g/mol. The zero-order valence-corrected chi connectivity index (χ0v) is 30.8. The summed E-state index contributed by atoms with van der Waals surface area (Å²) in [7, 11) is 0. The average Bonchev–Trinajstić information content (AvgIpc) is 2.98. The minimum atomic E-state index is -4.63. The van der Waals surface area contributed by atoms with Gasteiger partial charge in [0.2, 0.25) is 11.8 Å². The van der Waals surface area contributed by atoms with Crippen LogP contribution >= 0.6 is 11.6 Å². The number of hydrogen-bond donors (Lipinski definition) is 3. The van der Waals surface area contributed by atoms with Crippen LogP contribution in [0.5, 0.6) is 0 Å². The fourth-order valence-corrected chi connectivity index (χ4v) is 4.15. The minimum Gasteiger partial charge on any atom is -0.399 e. The molecule has 3 aromatic carbocycles. The molecule has 0 aliphatic heterocycles. The summed E-state index contributed by atoms with van der Waals surface area (Å²) >= 11 is 5.58. The second-order valence-electron chi connectivity index (χ2n) is 13.7. The van der Waals surface area contributed by atoms with E-state index in [2.05, 4.69) is 20.3 Å². The van der Waals surface area contributed by atoms with Gasteiger partial charge in [0.25, 0.3) is 0 Å². The van der Waals surface area contributed by atoms with Crippen LogP contribution in [0.15, 0.2) is 36.4 Å². The Kier molecular flexibility index (Phi) is 14.6. The predicted molar refractivity (Wildman–Crippen MR) is 187 cm³/mol. The molecule has 3 rings (SSSR count). The van der Waals surface area contributed by atoms with Crippen LogP contribution in [-0.2, 0) is 28.1 Å². The monoisotopic (exact) mass is 777 g/mol. The first kappa shape index (κ1) is 46.1. The number of carbonyl (C=O) groups is 2. The summed E-state index contributed by atoms with van der Waals surface area (Å²) in [6.45, 7) is 28.1. The van der Waals surface area contributed by atoms with E-state index >= 15 is 0 Å². The Morgan fingerprint density at radius 2 is 0.906 bits per heavy atom. The Hall–Kier alpha value is -4.96. The van der Waals surface area contributed by atoms with Gasteiger partial charge in [-0.3, -0.25) is 9.59 Å². The van der Waals surface area contributed by atoms with Crippen molar-refractivity contribution in [3.63, 3.8) is 0 Å². The van der Waals surface area contributed by atoms with Crippen LogP contribution in [0.4, 0.5) is 68.0 Å². The summed E-state index contributed by atoms with van der Waals surface area (Å²) in [5.41, 5.74) is 1.69. The number of nitrogen functional groups attached to an aromatic ring is 1. The van der Waals surface area contributed by atoms with Crippen LogP contribution < -0.4 is 16.4 Å². The number of alkyl halides is 9. The molecule has 7 nitrogen and oxygen atoms in total. The lowest BCUT2D eigenvalue weighted by Gasteiger charge is -2.20. The SMILES string of the molecule is Cc1cc(Cl)c(C(F)(F)F)cc1NC(=O)C(C)(C)C.[C-]#[N+]c1cc(C)c(N)cc1C(F)(F)F.[C-]#[N+]c1cc(C)c(NC(=O)C(C)(C)C)cc1C(F)(F)F. The molecule has 288 valence electrons. The fraction of sp³-hybridized carbons (Fsp3) is 0.389. The predicted octanol–water partition coefficient (Wildman–Crippen LogP) is 12.3. The molecule has 0 unspecified atom stereocenters. The van der Waals surface area contributed by atoms with E-state index in [-0.39, 0.29) is 33.9 Å². The van der Waals surface area contributed by atoms with Crippen molar-refractivity contribution in [3.05, 3.63) is 97.6 Å². The number of benzene rings is 3. The van der Waals surface area contributed by atoms with Gasteiger partial charge in [-0.15, -0.1) is 0 Å². The van der Waals surface area contributed by atoms with Gasteiger partial charge in [-0.1, -0.05) is 65.3 Å². The standard InChI is InChI=1S/C14H15F3N2O.C13H15ClF3NO.C9H7F3N2/c1-8-6-11(18-5)9(14(15,16)17)7-10(8)19-12(20)13(2,3)4;1-7-5-9(14)8(13(15,16)17)6-10(7)18-11(19)12(2,3)4;1-5-3-8(14-2)6(4-7(5)13)9(10,11)12/h6-7H,1-4H3,(H,19,20);5-6H,1-4H3,(H,18,19);3-4H,13H2,1H3. The number of carbonyl (C=O) groups excluding carboxylic acids is 2. The highest BCUT2D eigenvalue weighted by Gasteiger charge is 2.36. The van der Waals surface area contributed by atoms with Crippen LogP contribution in [-0.4, -0.2) is 11.8 Å². The maximum absolute atomic E-state index is 12.9. The first-order valence-electron chi connectivity index (χ1n) is 15.2. The Morgan fingerprint density at radius 3 is 1.25 bits per heavy atom. The van der Waals surface area contributed by atoms with Gasteiger partial charge >= 0.3 is 18.5 Å². The summed E-state index contributed by atoms with van der Waals surface area (Å²) in [4.78, 5) is 29.4. The van der Waals surface area contributed by atoms with E-state index < -0.39 is 57.4 Å². The quantitative estimate of drug-likeness (QED) is 0.137. The molecule has 2 amide bonds. The summed E-state index contributed by atoms with van der Waals surface area (Å²) in [5.74, 6) is -0.740. The van der Waals surface area contributed by atoms with Crippen LogP contribution in [0.1, 0.15) is 74.9 Å². The first-order chi connectivity index (χ1) is 23.7. The van der Waals surface area contributed by atoms with Crippen LogP contribution in [0.3, 0.4) is 0 Å². The van der Waals surface area contributed by atoms with Crippen molar-refractivity contribution in [2.45, 2.75) is 80.8 Å². The van der Waals surface area contributed by atoms with Crippen LogP contribution in [0, 0.1) is 44.7 Å². The number of nitrogens with two attached hydrogens (primary N) is 1. The molecule has 0 aliphatic rings. The number of aryl methyl sites for hydroxylation is 3. The number of hydrogen-bond acceptors (Lipinski definition) is 3. The zero-order valence-electron chi connectivity index (χ0n) is 30.0. The van der Waals surface area contributed by atoms with Crippen molar-refractivity contribution in [2.75, 3.05) is 16.4 Å². The summed E-state index contributed by atoms with van der Waals surface area (Å²) < 4.78 is 114. The normalized spacial score (nSPS) is 11.9. The molecular weight excluding hydrogens is 741 g/mol. The molecule has 0 aliphatic carbocycles. The molecule has 0 bridgehead atoms. The lowest BCUT2D eigenvalue weighted by atomic mass is 9.95. The Morgan fingerprint density at radius 1 is 0.585 bits per heavy atom. The minimum absolute atomic E-state index is 0.0460. The molecule has 0 spiro atoms. The molecule has 0 aromatic heterocycles. The van der Waals surface area contributed by atoms with E-state index in [0.29, 0.717) is 16.7 Å². The number of anilines is 3. The maximum atomic E-state index is 12.9. The number of rotatable bonds is 2. The molecule has 0 saturated carbocycles. The molecule has 53 heavy (non-hydrogen) atoms. The van der Waals surface area contributed by atoms with Gasteiger partial charge in [0, 0.05) is 27.9 Å². The molecule has 3 aromatic rings. The molecule has 0 fully saturated rings. The van der Waals surface area contributed by atoms with E-state index in [1.807, 2.05) is 0 Å². The summed E-state index contributed by atoms with van der Waals surface area (Å²) in [5, 5.41) is 4.59. The van der Waals surface area contributed by atoms with E-state index in [9.17, 15) is 49.1 Å². The highest BCUT2D eigenvalue weighted by Crippen LogP contribution is 2.41. The van der Waals surface area contributed by atoms with Crippen molar-refractivity contribution >= 4 is 51.9 Å². The number of nitrogens with zero attached hydrogens (tertiary/aromatic N) is 2. The van der Waals surface area contributed by atoms with Gasteiger partial charge in [0.15, 0.2) is 11.4 Å². The van der Waals surface area contributed by atoms with Crippen molar-refractivity contribution < 1.29 is 49.1 Å². The molecule has 4 N–H and O–H groups in total. The third-order valence-corrected chi connectivity index (χ3v) is 7.37. The third kappa shape index (κ3) is 13.2. The van der Waals surface area contributed by atoms with Gasteiger partial charge in [-0.2, -0.15) is 39.5 Å². The third-order valence-electron chi connectivity index (χ3n) is 7.06. The van der Waals surface area contributed by atoms with Gasteiger partial charge in [0.1, 0.15) is 0 Å². The number of halogens is 10. The molecule has 0 heterocycles. The smallest absolute Gasteiger partial charge is 0.399 e. The van der Waals surface area contributed by atoms with Gasteiger partial charge in [-0.05, 0) is 61.7 Å². The lowest BCUT2D eigenvalue weighted by molar-refractivity contribution is -0.138. The second kappa shape index (κ2) is 16.8. The summed E-state index contributed by atoms with van der Waals surface area (Å²) in [6, 6.07) is 5.94. The molecule has 0 saturated heterocycles. The largest absolute Gasteiger partial charge is 0.417 e. The van der Waals surface area contributed by atoms with E-state index in [0.717, 1.165) is 30.3 Å². The number of amides is 2. The maximum Gasteiger partial charge on any atom is 0.417 e. The van der Waals surface area contributed by atoms with Gasteiger partial charge < -0.3 is 16.4 Å².